The van der Waals surface area contributed by atoms with Crippen LogP contribution in [0.5, 0.6) is 0 Å². The van der Waals surface area contributed by atoms with Crippen molar-refractivity contribution in [2.24, 2.45) is 4.99 Å². The Labute approximate surface area is 177 Å². The van der Waals surface area contributed by atoms with E-state index in [2.05, 4.69) is 15.6 Å². The summed E-state index contributed by atoms with van der Waals surface area (Å²) in [5.74, 6) is -0.424. The number of aliphatic imine (C=N–C) groups is 1. The number of hydrogen-bond donors (Lipinski definition) is 2. The lowest BCUT2D eigenvalue weighted by molar-refractivity contribution is -0.554. The zero-order chi connectivity index (χ0) is 21.8. The maximum Gasteiger partial charge on any atom is 0.354 e. The minimum Gasteiger partial charge on any atom is -0.343 e. The molecule has 0 radical (unpaired) electrons. The SMILES string of the molecule is N#CC(C#N)=C1Nc2ccccc2N=C1[n+]1ccc(NC(=O)c2ccc(F)cc2)cc1. The van der Waals surface area contributed by atoms with E-state index in [4.69, 9.17) is 0 Å². The lowest BCUT2D eigenvalue weighted by Gasteiger charge is -2.15. The van der Waals surface area contributed by atoms with Gasteiger partial charge in [-0.05, 0) is 41.4 Å². The smallest absolute Gasteiger partial charge is 0.343 e. The highest BCUT2D eigenvalue weighted by Gasteiger charge is 2.29. The number of fused-ring (bicyclic) bond motifs is 1. The molecular formula is C23H14FN6O+. The maximum atomic E-state index is 13.0. The highest BCUT2D eigenvalue weighted by molar-refractivity contribution is 6.04. The molecular weight excluding hydrogens is 395 g/mol. The minimum absolute atomic E-state index is 0.102. The van der Waals surface area contributed by atoms with E-state index in [0.717, 1.165) is 0 Å². The summed E-state index contributed by atoms with van der Waals surface area (Å²) in [6.07, 6.45) is 3.31. The van der Waals surface area contributed by atoms with Crippen molar-refractivity contribution in [3.8, 4) is 12.1 Å². The van der Waals surface area contributed by atoms with Crippen LogP contribution in [-0.4, -0.2) is 11.7 Å². The van der Waals surface area contributed by atoms with Crippen molar-refractivity contribution >= 4 is 28.8 Å². The third-order valence-corrected chi connectivity index (χ3v) is 4.53. The van der Waals surface area contributed by atoms with Crippen LogP contribution in [0.25, 0.3) is 0 Å². The zero-order valence-corrected chi connectivity index (χ0v) is 16.0. The van der Waals surface area contributed by atoms with Gasteiger partial charge in [0, 0.05) is 23.4 Å². The Kier molecular flexibility index (Phi) is 5.20. The quantitative estimate of drug-likeness (QED) is 0.498. The lowest BCUT2D eigenvalue weighted by Crippen LogP contribution is -2.46. The number of nitriles is 2. The molecule has 148 valence electrons. The van der Waals surface area contributed by atoms with Gasteiger partial charge in [0.15, 0.2) is 17.0 Å². The first-order valence-corrected chi connectivity index (χ1v) is 9.17. The highest BCUT2D eigenvalue weighted by Crippen LogP contribution is 2.30. The molecule has 3 aromatic rings. The van der Waals surface area contributed by atoms with Gasteiger partial charge in [-0.1, -0.05) is 12.1 Å². The topological polar surface area (TPSA) is 105 Å². The number of nitrogens with zero attached hydrogens (tertiary/aromatic N) is 4. The van der Waals surface area contributed by atoms with Crippen molar-refractivity contribution in [2.75, 3.05) is 10.6 Å². The molecule has 8 heteroatoms. The molecule has 4 rings (SSSR count). The van der Waals surface area contributed by atoms with E-state index in [1.807, 2.05) is 30.3 Å². The van der Waals surface area contributed by atoms with Gasteiger partial charge in [0.05, 0.1) is 18.1 Å². The molecule has 7 nitrogen and oxygen atoms in total. The maximum absolute atomic E-state index is 13.0. The van der Waals surface area contributed by atoms with E-state index >= 15 is 0 Å². The molecule has 0 saturated carbocycles. The monoisotopic (exact) mass is 409 g/mol. The van der Waals surface area contributed by atoms with Gasteiger partial charge in [-0.3, -0.25) is 4.79 Å². The molecule has 1 aliphatic rings. The predicted octanol–water partition coefficient (Wildman–Crippen LogP) is 3.67. The van der Waals surface area contributed by atoms with E-state index in [-0.39, 0.29) is 17.2 Å². The number of aromatic nitrogens is 1. The molecule has 0 saturated heterocycles. The van der Waals surface area contributed by atoms with E-state index in [1.54, 1.807) is 35.2 Å². The van der Waals surface area contributed by atoms with Crippen LogP contribution in [0, 0.1) is 28.5 Å². The molecule has 1 amide bonds. The van der Waals surface area contributed by atoms with E-state index in [0.29, 0.717) is 28.5 Å². The molecule has 0 bridgehead atoms. The molecule has 31 heavy (non-hydrogen) atoms. The second kappa shape index (κ2) is 8.27. The number of pyridine rings is 1. The summed E-state index contributed by atoms with van der Waals surface area (Å²) in [6.45, 7) is 0. The summed E-state index contributed by atoms with van der Waals surface area (Å²) in [5.41, 5.74) is 2.38. The van der Waals surface area contributed by atoms with Gasteiger partial charge in [0.1, 0.15) is 18.0 Å². The number of anilines is 2. The van der Waals surface area contributed by atoms with Crippen molar-refractivity contribution in [2.45, 2.75) is 0 Å². The first-order chi connectivity index (χ1) is 15.1. The standard InChI is InChI=1S/C23H13FN6O/c24-17-7-5-15(6-8-17)23(31)27-18-9-11-30(12-10-18)22-21(16(13-25)14-26)28-19-3-1-2-4-20(19)29-22/h1-12,28H/p+1. The largest absolute Gasteiger partial charge is 0.354 e. The van der Waals surface area contributed by atoms with Crippen molar-refractivity contribution in [3.63, 3.8) is 0 Å². The fourth-order valence-electron chi connectivity index (χ4n) is 2.99. The number of halogens is 1. The lowest BCUT2D eigenvalue weighted by atomic mass is 10.1. The third kappa shape index (κ3) is 4.00. The number of amides is 1. The predicted molar refractivity (Wildman–Crippen MR) is 112 cm³/mol. The van der Waals surface area contributed by atoms with Gasteiger partial charge >= 0.3 is 5.84 Å². The number of rotatable bonds is 2. The third-order valence-electron chi connectivity index (χ3n) is 4.53. The van der Waals surface area contributed by atoms with E-state index in [1.165, 1.54) is 24.3 Å². The molecule has 2 N–H and O–H groups in total. The first kappa shape index (κ1) is 19.5. The molecule has 2 aromatic carbocycles. The minimum atomic E-state index is -0.418. The van der Waals surface area contributed by atoms with Crippen molar-refractivity contribution in [1.29, 1.82) is 10.5 Å². The van der Waals surface area contributed by atoms with Crippen molar-refractivity contribution < 1.29 is 13.8 Å². The Bertz CT molecular complexity index is 1300. The van der Waals surface area contributed by atoms with Gasteiger partial charge in [-0.25, -0.2) is 8.96 Å². The number of carbonyl (C=O) groups excluding carboxylic acids is 1. The van der Waals surface area contributed by atoms with Gasteiger partial charge in [0.25, 0.3) is 5.91 Å². The van der Waals surface area contributed by atoms with Gasteiger partial charge in [-0.2, -0.15) is 10.5 Å². The molecule has 1 aromatic heterocycles. The summed E-state index contributed by atoms with van der Waals surface area (Å²) < 4.78 is 14.7. The van der Waals surface area contributed by atoms with Crippen LogP contribution in [-0.2, 0) is 0 Å². The summed E-state index contributed by atoms with van der Waals surface area (Å²) in [6, 6.07) is 19.6. The molecule has 0 spiro atoms. The second-order valence-corrected chi connectivity index (χ2v) is 6.51. The average molecular weight is 409 g/mol. The Hall–Kier alpha value is -4.82. The Balaban J connectivity index is 1.65. The molecule has 0 aliphatic carbocycles. The zero-order valence-electron chi connectivity index (χ0n) is 16.0. The normalized spacial score (nSPS) is 11.8. The summed E-state index contributed by atoms with van der Waals surface area (Å²) >= 11 is 0. The molecule has 0 fully saturated rings. The number of nitrogens with one attached hydrogen (secondary N) is 2. The molecule has 1 aliphatic heterocycles. The number of benzene rings is 2. The highest BCUT2D eigenvalue weighted by atomic mass is 19.1. The second-order valence-electron chi connectivity index (χ2n) is 6.51. The number of hydrogen-bond acceptors (Lipinski definition) is 5. The van der Waals surface area contributed by atoms with E-state index in [9.17, 15) is 19.7 Å². The average Bonchev–Trinajstić information content (AvgIpc) is 2.80. The summed E-state index contributed by atoms with van der Waals surface area (Å²) in [4.78, 5) is 16.9. The fourth-order valence-corrected chi connectivity index (χ4v) is 2.99. The van der Waals surface area contributed by atoms with Crippen LogP contribution in [0.15, 0.2) is 89.3 Å². The number of para-hydroxylation sites is 2. The van der Waals surface area contributed by atoms with Crippen LogP contribution >= 0.6 is 0 Å². The van der Waals surface area contributed by atoms with Crippen LogP contribution in [0.4, 0.5) is 21.5 Å². The fraction of sp³-hybridized carbons (Fsp3) is 0. The van der Waals surface area contributed by atoms with Crippen LogP contribution in [0.3, 0.4) is 0 Å². The van der Waals surface area contributed by atoms with Crippen LogP contribution < -0.4 is 15.2 Å². The molecule has 0 unspecified atom stereocenters. The van der Waals surface area contributed by atoms with Crippen LogP contribution in [0.2, 0.25) is 0 Å². The molecule has 2 heterocycles. The number of allylic oxidation sites excluding steroid dienone is 2. The molecule has 0 atom stereocenters. The van der Waals surface area contributed by atoms with E-state index < -0.39 is 5.82 Å². The number of carbonyl (C=O) groups is 1. The first-order valence-electron chi connectivity index (χ1n) is 9.17. The Morgan fingerprint density at radius 3 is 2.35 bits per heavy atom. The van der Waals surface area contributed by atoms with Crippen LogP contribution in [0.1, 0.15) is 10.4 Å². The Morgan fingerprint density at radius 1 is 1.00 bits per heavy atom. The van der Waals surface area contributed by atoms with Gasteiger partial charge in [-0.15, -0.1) is 0 Å². The van der Waals surface area contributed by atoms with Gasteiger partial charge < -0.3 is 10.6 Å². The van der Waals surface area contributed by atoms with Gasteiger partial charge in [0.2, 0.25) is 0 Å². The summed E-state index contributed by atoms with van der Waals surface area (Å²) in [5, 5.41) is 24.5. The Morgan fingerprint density at radius 2 is 1.68 bits per heavy atom. The van der Waals surface area contributed by atoms with Crippen molar-refractivity contribution in [1.82, 2.24) is 0 Å². The summed E-state index contributed by atoms with van der Waals surface area (Å²) in [7, 11) is 0. The van der Waals surface area contributed by atoms with Crippen molar-refractivity contribution in [3.05, 3.63) is 95.7 Å².